The summed E-state index contributed by atoms with van der Waals surface area (Å²) in [6.45, 7) is 5.95. The van der Waals surface area contributed by atoms with Crippen LogP contribution in [0.5, 0.6) is 0 Å². The Bertz CT molecular complexity index is 664. The normalized spacial score (nSPS) is 30.0. The Labute approximate surface area is 117 Å². The lowest BCUT2D eigenvalue weighted by Crippen LogP contribution is -2.26. The molecule has 2 heterocycles. The number of nitrogens with one attached hydrogen (secondary N) is 1. The number of aromatic nitrogens is 1. The number of H-pyrrole nitrogens is 1. The Morgan fingerprint density at radius 3 is 2.65 bits per heavy atom. The fraction of sp³-hybridized carbons (Fsp3) is 0.438. The number of ether oxygens (including phenoxy) is 1. The van der Waals surface area contributed by atoms with Gasteiger partial charge in [0.15, 0.2) is 5.78 Å². The molecule has 0 amide bonds. The van der Waals surface area contributed by atoms with Gasteiger partial charge in [-0.25, -0.2) is 4.39 Å². The van der Waals surface area contributed by atoms with Crippen molar-refractivity contribution in [3.63, 3.8) is 0 Å². The molecule has 106 valence electrons. The van der Waals surface area contributed by atoms with Gasteiger partial charge in [0.05, 0.1) is 18.1 Å². The molecule has 0 spiro atoms. The van der Waals surface area contributed by atoms with Crippen molar-refractivity contribution in [1.29, 1.82) is 0 Å². The summed E-state index contributed by atoms with van der Waals surface area (Å²) in [4.78, 5) is 15.8. The summed E-state index contributed by atoms with van der Waals surface area (Å²) >= 11 is 0. The molecule has 3 rings (SSSR count). The number of rotatable bonds is 2. The zero-order valence-corrected chi connectivity index (χ0v) is 11.8. The van der Waals surface area contributed by atoms with E-state index in [0.29, 0.717) is 10.9 Å². The predicted molar refractivity (Wildman–Crippen MR) is 75.3 cm³/mol. The highest BCUT2D eigenvalue weighted by molar-refractivity contribution is 6.09. The molecular weight excluding hydrogens is 257 g/mol. The Hall–Kier alpha value is -1.68. The minimum atomic E-state index is -0.330. The van der Waals surface area contributed by atoms with Crippen LogP contribution in [0, 0.1) is 17.7 Å². The molecule has 0 bridgehead atoms. The highest BCUT2D eigenvalue weighted by atomic mass is 19.1. The van der Waals surface area contributed by atoms with Crippen LogP contribution in [0.2, 0.25) is 0 Å². The Kier molecular flexibility index (Phi) is 3.13. The molecule has 0 saturated carbocycles. The van der Waals surface area contributed by atoms with Gasteiger partial charge >= 0.3 is 0 Å². The van der Waals surface area contributed by atoms with E-state index in [9.17, 15) is 9.18 Å². The molecule has 20 heavy (non-hydrogen) atoms. The molecule has 2 aromatic rings. The van der Waals surface area contributed by atoms with Crippen LogP contribution in [0.4, 0.5) is 4.39 Å². The average molecular weight is 275 g/mol. The lowest BCUT2D eigenvalue weighted by atomic mass is 9.83. The molecule has 1 aliphatic rings. The van der Waals surface area contributed by atoms with E-state index in [1.54, 1.807) is 12.3 Å². The number of Topliss-reactive ketones (excluding diaryl/α,β-unsaturated/α-hetero) is 1. The first-order valence-corrected chi connectivity index (χ1v) is 6.95. The van der Waals surface area contributed by atoms with Crippen molar-refractivity contribution in [2.75, 3.05) is 0 Å². The third-order valence-electron chi connectivity index (χ3n) is 4.45. The van der Waals surface area contributed by atoms with Gasteiger partial charge in [-0.05, 0) is 38.0 Å². The number of benzene rings is 1. The van der Waals surface area contributed by atoms with E-state index in [-0.39, 0.29) is 35.6 Å². The number of halogens is 1. The van der Waals surface area contributed by atoms with E-state index < -0.39 is 0 Å². The van der Waals surface area contributed by atoms with Crippen LogP contribution in [0.1, 0.15) is 31.1 Å². The predicted octanol–water partition coefficient (Wildman–Crippen LogP) is 3.55. The van der Waals surface area contributed by atoms with Gasteiger partial charge in [0.2, 0.25) is 0 Å². The van der Waals surface area contributed by atoms with Crippen LogP contribution in [-0.4, -0.2) is 23.0 Å². The van der Waals surface area contributed by atoms with Crippen molar-refractivity contribution >= 4 is 16.7 Å². The number of hydrogen-bond donors (Lipinski definition) is 1. The van der Waals surface area contributed by atoms with Crippen molar-refractivity contribution in [2.24, 2.45) is 11.8 Å². The van der Waals surface area contributed by atoms with Crippen LogP contribution in [-0.2, 0) is 4.74 Å². The van der Waals surface area contributed by atoms with E-state index in [0.717, 1.165) is 5.52 Å². The summed E-state index contributed by atoms with van der Waals surface area (Å²) in [6.07, 6.45) is 1.64. The topological polar surface area (TPSA) is 42.1 Å². The molecule has 4 atom stereocenters. The first kappa shape index (κ1) is 13.3. The molecule has 1 N–H and O–H groups in total. The lowest BCUT2D eigenvalue weighted by Gasteiger charge is -2.16. The standard InChI is InChI=1S/C16H18FNO2/c1-8-9(2)20-10(3)15(8)16(19)13-7-18-14-5-4-11(17)6-12(13)14/h4-10,15,18H,1-3H3. The van der Waals surface area contributed by atoms with Gasteiger partial charge in [0.25, 0.3) is 0 Å². The van der Waals surface area contributed by atoms with E-state index in [2.05, 4.69) is 4.98 Å². The number of ketones is 1. The molecule has 4 heteroatoms. The largest absolute Gasteiger partial charge is 0.374 e. The summed E-state index contributed by atoms with van der Waals surface area (Å²) < 4.78 is 19.1. The van der Waals surface area contributed by atoms with Gasteiger partial charge in [-0.15, -0.1) is 0 Å². The van der Waals surface area contributed by atoms with Crippen LogP contribution < -0.4 is 0 Å². The zero-order valence-electron chi connectivity index (χ0n) is 11.8. The first-order valence-electron chi connectivity index (χ1n) is 6.95. The van der Waals surface area contributed by atoms with Gasteiger partial charge in [-0.1, -0.05) is 6.92 Å². The quantitative estimate of drug-likeness (QED) is 0.852. The van der Waals surface area contributed by atoms with Crippen molar-refractivity contribution in [1.82, 2.24) is 4.98 Å². The second-order valence-electron chi connectivity index (χ2n) is 5.69. The van der Waals surface area contributed by atoms with Gasteiger partial charge in [0, 0.05) is 22.7 Å². The van der Waals surface area contributed by atoms with Crippen LogP contribution in [0.3, 0.4) is 0 Å². The maximum Gasteiger partial charge on any atom is 0.171 e. The van der Waals surface area contributed by atoms with Crippen LogP contribution in [0.25, 0.3) is 10.9 Å². The van der Waals surface area contributed by atoms with Gasteiger partial charge in [-0.3, -0.25) is 4.79 Å². The number of aromatic amines is 1. The van der Waals surface area contributed by atoms with Gasteiger partial charge < -0.3 is 9.72 Å². The van der Waals surface area contributed by atoms with Crippen molar-refractivity contribution < 1.29 is 13.9 Å². The molecule has 1 aliphatic heterocycles. The monoisotopic (exact) mass is 275 g/mol. The van der Waals surface area contributed by atoms with E-state index in [4.69, 9.17) is 4.74 Å². The number of carbonyl (C=O) groups excluding carboxylic acids is 1. The fourth-order valence-electron chi connectivity index (χ4n) is 3.19. The second-order valence-corrected chi connectivity index (χ2v) is 5.69. The molecule has 1 aromatic carbocycles. The Balaban J connectivity index is 2.03. The molecule has 4 unspecified atom stereocenters. The minimum Gasteiger partial charge on any atom is -0.374 e. The SMILES string of the molecule is CC1OC(C)C(C(=O)c2c[nH]c3ccc(F)cc23)C1C. The third-order valence-corrected chi connectivity index (χ3v) is 4.45. The minimum absolute atomic E-state index is 0.0335. The summed E-state index contributed by atoms with van der Waals surface area (Å²) in [5, 5.41) is 0.647. The number of hydrogen-bond acceptors (Lipinski definition) is 2. The van der Waals surface area contributed by atoms with Crippen molar-refractivity contribution in [3.8, 4) is 0 Å². The van der Waals surface area contributed by atoms with Gasteiger partial charge in [0.1, 0.15) is 5.82 Å². The van der Waals surface area contributed by atoms with Crippen molar-refractivity contribution in [3.05, 3.63) is 35.8 Å². The van der Waals surface area contributed by atoms with E-state index in [1.165, 1.54) is 12.1 Å². The summed E-state index contributed by atoms with van der Waals surface area (Å²) in [6, 6.07) is 4.45. The average Bonchev–Trinajstić information content (AvgIpc) is 2.91. The lowest BCUT2D eigenvalue weighted by molar-refractivity contribution is 0.0491. The Morgan fingerprint density at radius 2 is 2.00 bits per heavy atom. The molecule has 0 aliphatic carbocycles. The van der Waals surface area contributed by atoms with Crippen LogP contribution >= 0.6 is 0 Å². The maximum absolute atomic E-state index is 13.4. The molecule has 1 saturated heterocycles. The first-order chi connectivity index (χ1) is 9.49. The highest BCUT2D eigenvalue weighted by Gasteiger charge is 2.42. The molecule has 1 aromatic heterocycles. The molecule has 1 fully saturated rings. The molecular formula is C16H18FNO2. The summed E-state index contributed by atoms with van der Waals surface area (Å²) in [7, 11) is 0. The Morgan fingerprint density at radius 1 is 1.25 bits per heavy atom. The summed E-state index contributed by atoms with van der Waals surface area (Å²) in [5.41, 5.74) is 1.34. The van der Waals surface area contributed by atoms with Crippen molar-refractivity contribution in [2.45, 2.75) is 33.0 Å². The molecule has 0 radical (unpaired) electrons. The maximum atomic E-state index is 13.4. The smallest absolute Gasteiger partial charge is 0.171 e. The van der Waals surface area contributed by atoms with Crippen LogP contribution in [0.15, 0.2) is 24.4 Å². The number of fused-ring (bicyclic) bond motifs is 1. The van der Waals surface area contributed by atoms with E-state index in [1.807, 2.05) is 20.8 Å². The van der Waals surface area contributed by atoms with Gasteiger partial charge in [-0.2, -0.15) is 0 Å². The third kappa shape index (κ3) is 1.95. The highest BCUT2D eigenvalue weighted by Crippen LogP contribution is 2.35. The zero-order chi connectivity index (χ0) is 14.4. The second kappa shape index (κ2) is 4.70. The fourth-order valence-corrected chi connectivity index (χ4v) is 3.19. The number of carbonyl (C=O) groups is 1. The van der Waals surface area contributed by atoms with E-state index >= 15 is 0 Å². The molecule has 3 nitrogen and oxygen atoms in total. The summed E-state index contributed by atoms with van der Waals surface area (Å²) in [5.74, 6) is -0.308.